The Hall–Kier alpha value is -3.75. The Kier molecular flexibility index (Phi) is 10.2. The van der Waals surface area contributed by atoms with E-state index in [1.165, 1.54) is 7.05 Å². The van der Waals surface area contributed by atoms with E-state index in [0.717, 1.165) is 27.2 Å². The second kappa shape index (κ2) is 13.4. The van der Waals surface area contributed by atoms with Crippen LogP contribution in [-0.4, -0.2) is 63.4 Å². The van der Waals surface area contributed by atoms with Gasteiger partial charge >= 0.3 is 6.09 Å². The van der Waals surface area contributed by atoms with E-state index in [2.05, 4.69) is 10.3 Å². The van der Waals surface area contributed by atoms with Gasteiger partial charge in [0, 0.05) is 31.5 Å². The van der Waals surface area contributed by atoms with Gasteiger partial charge in [0.15, 0.2) is 0 Å². The predicted octanol–water partition coefficient (Wildman–Crippen LogP) is 4.12. The number of amides is 2. The number of carbonyl (C=O) groups excluding carboxylic acids is 1. The lowest BCUT2D eigenvalue weighted by atomic mass is 9.84. The minimum absolute atomic E-state index is 0.227. The highest BCUT2D eigenvalue weighted by molar-refractivity contribution is 5.86. The number of likely N-dealkylation sites (N-methyl/N-ethyl adjacent to an activating group) is 1. The fraction of sp³-hybridized carbons (Fsp3) is 0.387. The number of hydrogen-bond acceptors (Lipinski definition) is 5. The standard InChI is InChI=1S/C31H40N4O4/c1-31(2,3)28(35(4)30(38)39)29(37)34-25(18-21-8-6-5-7-9-21)20-27(36)26(32)19-22-10-12-23(13-11-22)24-14-16-33-17-15-24/h5-17,25-28,36H,18-20,32H2,1-4H3,(H,34,37)(H,38,39)/t25-,26-,27-,28+/m0/s1. The Morgan fingerprint density at radius 3 is 2.05 bits per heavy atom. The average Bonchev–Trinajstić information content (AvgIpc) is 2.89. The Bertz CT molecular complexity index is 1200. The molecular formula is C31H40N4O4. The van der Waals surface area contributed by atoms with Gasteiger partial charge in [0.25, 0.3) is 0 Å². The molecule has 0 unspecified atom stereocenters. The molecule has 208 valence electrons. The van der Waals surface area contributed by atoms with E-state index in [1.807, 2.05) is 87.5 Å². The second-order valence-electron chi connectivity index (χ2n) is 11.2. The fourth-order valence-corrected chi connectivity index (χ4v) is 4.88. The molecule has 0 saturated carbocycles. The van der Waals surface area contributed by atoms with Crippen molar-refractivity contribution in [3.63, 3.8) is 0 Å². The van der Waals surface area contributed by atoms with E-state index in [9.17, 15) is 19.8 Å². The van der Waals surface area contributed by atoms with Crippen LogP contribution in [-0.2, 0) is 17.6 Å². The highest BCUT2D eigenvalue weighted by atomic mass is 16.4. The smallest absolute Gasteiger partial charge is 0.407 e. The number of nitrogens with one attached hydrogen (secondary N) is 1. The molecule has 1 aromatic heterocycles. The minimum Gasteiger partial charge on any atom is -0.465 e. The van der Waals surface area contributed by atoms with E-state index >= 15 is 0 Å². The van der Waals surface area contributed by atoms with Crippen LogP contribution in [0.2, 0.25) is 0 Å². The monoisotopic (exact) mass is 532 g/mol. The van der Waals surface area contributed by atoms with Gasteiger partial charge < -0.3 is 21.3 Å². The van der Waals surface area contributed by atoms with Crippen molar-refractivity contribution in [1.82, 2.24) is 15.2 Å². The number of pyridine rings is 1. The quantitative estimate of drug-likeness (QED) is 0.294. The van der Waals surface area contributed by atoms with E-state index < -0.39 is 41.6 Å². The van der Waals surface area contributed by atoms with Gasteiger partial charge in [-0.3, -0.25) is 14.7 Å². The Morgan fingerprint density at radius 2 is 1.49 bits per heavy atom. The van der Waals surface area contributed by atoms with Crippen molar-refractivity contribution < 1.29 is 19.8 Å². The number of carbonyl (C=O) groups is 2. The largest absolute Gasteiger partial charge is 0.465 e. The molecule has 0 bridgehead atoms. The van der Waals surface area contributed by atoms with Gasteiger partial charge in [0.1, 0.15) is 6.04 Å². The van der Waals surface area contributed by atoms with Crippen molar-refractivity contribution in [1.29, 1.82) is 0 Å². The average molecular weight is 533 g/mol. The number of nitrogens with two attached hydrogens (primary N) is 1. The van der Waals surface area contributed by atoms with Crippen LogP contribution < -0.4 is 11.1 Å². The van der Waals surface area contributed by atoms with Gasteiger partial charge in [0.2, 0.25) is 5.91 Å². The number of hydrogen-bond donors (Lipinski definition) is 4. The molecule has 4 atom stereocenters. The van der Waals surface area contributed by atoms with Crippen LogP contribution >= 0.6 is 0 Å². The summed E-state index contributed by atoms with van der Waals surface area (Å²) in [5.74, 6) is -0.402. The number of aliphatic hydroxyl groups is 1. The zero-order chi connectivity index (χ0) is 28.6. The van der Waals surface area contributed by atoms with Crippen molar-refractivity contribution in [3.8, 4) is 11.1 Å². The molecule has 3 rings (SSSR count). The molecule has 0 aliphatic rings. The molecule has 0 spiro atoms. The molecule has 0 aliphatic carbocycles. The molecule has 2 amide bonds. The summed E-state index contributed by atoms with van der Waals surface area (Å²) in [7, 11) is 1.40. The van der Waals surface area contributed by atoms with Gasteiger partial charge in [-0.05, 0) is 59.1 Å². The lowest BCUT2D eigenvalue weighted by Crippen LogP contribution is -2.56. The van der Waals surface area contributed by atoms with Gasteiger partial charge in [-0.1, -0.05) is 75.4 Å². The summed E-state index contributed by atoms with van der Waals surface area (Å²) < 4.78 is 0. The molecule has 3 aromatic rings. The minimum atomic E-state index is -1.18. The zero-order valence-electron chi connectivity index (χ0n) is 23.1. The molecule has 8 heteroatoms. The first-order chi connectivity index (χ1) is 18.5. The van der Waals surface area contributed by atoms with Crippen molar-refractivity contribution in [2.24, 2.45) is 11.1 Å². The normalized spacial score (nSPS) is 14.6. The first-order valence-electron chi connectivity index (χ1n) is 13.2. The Balaban J connectivity index is 1.72. The predicted molar refractivity (Wildman–Crippen MR) is 153 cm³/mol. The van der Waals surface area contributed by atoms with Gasteiger partial charge in [0.05, 0.1) is 6.10 Å². The van der Waals surface area contributed by atoms with Crippen LogP contribution in [0.15, 0.2) is 79.1 Å². The van der Waals surface area contributed by atoms with Gasteiger partial charge in [-0.15, -0.1) is 0 Å². The number of aromatic nitrogens is 1. The van der Waals surface area contributed by atoms with Gasteiger partial charge in [-0.2, -0.15) is 0 Å². The van der Waals surface area contributed by atoms with Crippen LogP contribution in [0.3, 0.4) is 0 Å². The van der Waals surface area contributed by atoms with Crippen molar-refractivity contribution >= 4 is 12.0 Å². The third-order valence-electron chi connectivity index (χ3n) is 6.89. The number of benzene rings is 2. The molecule has 39 heavy (non-hydrogen) atoms. The molecule has 8 nitrogen and oxygen atoms in total. The van der Waals surface area contributed by atoms with Crippen molar-refractivity contribution in [2.75, 3.05) is 7.05 Å². The Labute approximate surface area is 230 Å². The molecule has 5 N–H and O–H groups in total. The summed E-state index contributed by atoms with van der Waals surface area (Å²) in [6, 6.07) is 19.7. The van der Waals surface area contributed by atoms with Crippen LogP contribution in [0.25, 0.3) is 11.1 Å². The number of carboxylic acid groups (broad SMARTS) is 1. The van der Waals surface area contributed by atoms with Crippen LogP contribution in [0, 0.1) is 5.41 Å². The Morgan fingerprint density at radius 1 is 0.923 bits per heavy atom. The maximum atomic E-state index is 13.4. The van der Waals surface area contributed by atoms with E-state index in [4.69, 9.17) is 5.73 Å². The molecule has 2 aromatic carbocycles. The van der Waals surface area contributed by atoms with Crippen LogP contribution in [0.5, 0.6) is 0 Å². The first kappa shape index (κ1) is 29.8. The lowest BCUT2D eigenvalue weighted by Gasteiger charge is -2.36. The topological polar surface area (TPSA) is 129 Å². The van der Waals surface area contributed by atoms with Crippen molar-refractivity contribution in [2.45, 2.75) is 64.3 Å². The molecule has 0 radical (unpaired) electrons. The zero-order valence-corrected chi connectivity index (χ0v) is 23.1. The summed E-state index contributed by atoms with van der Waals surface area (Å²) >= 11 is 0. The molecule has 0 fully saturated rings. The number of nitrogens with zero attached hydrogens (tertiary/aromatic N) is 2. The highest BCUT2D eigenvalue weighted by Crippen LogP contribution is 2.25. The van der Waals surface area contributed by atoms with E-state index in [-0.39, 0.29) is 6.42 Å². The number of rotatable bonds is 11. The van der Waals surface area contributed by atoms with E-state index in [0.29, 0.717) is 12.8 Å². The second-order valence-corrected chi connectivity index (χ2v) is 11.2. The summed E-state index contributed by atoms with van der Waals surface area (Å²) in [5, 5.41) is 23.7. The molecule has 1 heterocycles. The van der Waals surface area contributed by atoms with Crippen molar-refractivity contribution in [3.05, 3.63) is 90.3 Å². The maximum absolute atomic E-state index is 13.4. The fourth-order valence-electron chi connectivity index (χ4n) is 4.88. The summed E-state index contributed by atoms with van der Waals surface area (Å²) in [4.78, 5) is 30.2. The summed E-state index contributed by atoms with van der Waals surface area (Å²) in [6.45, 7) is 5.48. The SMILES string of the molecule is CN(C(=O)O)[C@H](C(=O)N[C@@H](Cc1ccccc1)C[C@H](O)[C@@H](N)Cc1ccc(-c2ccncc2)cc1)C(C)(C)C. The summed E-state index contributed by atoms with van der Waals surface area (Å²) in [5.41, 5.74) is 9.93. The molecule has 0 aliphatic heterocycles. The molecule has 0 saturated heterocycles. The first-order valence-corrected chi connectivity index (χ1v) is 13.2. The third kappa shape index (κ3) is 8.63. The summed E-state index contributed by atoms with van der Waals surface area (Å²) in [6.07, 6.45) is 2.62. The third-order valence-corrected chi connectivity index (χ3v) is 6.89. The maximum Gasteiger partial charge on any atom is 0.407 e. The highest BCUT2D eigenvalue weighted by Gasteiger charge is 2.38. The lowest BCUT2D eigenvalue weighted by molar-refractivity contribution is -0.129. The van der Waals surface area contributed by atoms with Crippen LogP contribution in [0.1, 0.15) is 38.3 Å². The van der Waals surface area contributed by atoms with E-state index in [1.54, 1.807) is 12.4 Å². The number of aliphatic hydroxyl groups excluding tert-OH is 1. The van der Waals surface area contributed by atoms with Crippen LogP contribution in [0.4, 0.5) is 4.79 Å². The molecular weight excluding hydrogens is 492 g/mol. The van der Waals surface area contributed by atoms with Gasteiger partial charge in [-0.25, -0.2) is 4.79 Å².